The molecule has 37 heavy (non-hydrogen) atoms. The number of fused-ring (bicyclic) bond motifs is 1. The lowest BCUT2D eigenvalue weighted by Crippen LogP contribution is -2.56. The highest BCUT2D eigenvalue weighted by Crippen LogP contribution is 2.45. The SMILES string of the molecule is COC(=O)[C@]1(CO)O[C@H](n2cnc3c(NC(=O)c4ccccc4)ncnc32)C[C@@H]1O[Si](C)(C)C(C)(C)C. The number of nitrogens with one attached hydrogen (secondary N) is 1. The predicted octanol–water partition coefficient (Wildman–Crippen LogP) is 3.29. The lowest BCUT2D eigenvalue weighted by Gasteiger charge is -2.41. The molecule has 0 saturated carbocycles. The highest BCUT2D eigenvalue weighted by Gasteiger charge is 2.59. The van der Waals surface area contributed by atoms with Crippen molar-refractivity contribution in [1.82, 2.24) is 19.5 Å². The van der Waals surface area contributed by atoms with Crippen LogP contribution in [0, 0.1) is 0 Å². The van der Waals surface area contributed by atoms with Crippen molar-refractivity contribution in [1.29, 1.82) is 0 Å². The van der Waals surface area contributed by atoms with Gasteiger partial charge < -0.3 is 24.3 Å². The zero-order valence-electron chi connectivity index (χ0n) is 21.9. The van der Waals surface area contributed by atoms with E-state index in [0.717, 1.165) is 0 Å². The number of carbonyl (C=O) groups is 2. The Hall–Kier alpha value is -3.19. The second-order valence-electron chi connectivity index (χ2n) is 10.6. The molecular formula is C25H33N5O6Si. The molecule has 0 aliphatic carbocycles. The number of hydrogen-bond acceptors (Lipinski definition) is 9. The molecule has 4 rings (SSSR count). The van der Waals surface area contributed by atoms with Crippen molar-refractivity contribution in [3.63, 3.8) is 0 Å². The number of aliphatic hydroxyl groups excluding tert-OH is 1. The number of hydrogen-bond donors (Lipinski definition) is 2. The zero-order valence-corrected chi connectivity index (χ0v) is 22.9. The number of aromatic nitrogens is 4. The van der Waals surface area contributed by atoms with E-state index in [4.69, 9.17) is 13.9 Å². The summed E-state index contributed by atoms with van der Waals surface area (Å²) in [7, 11) is -1.11. The van der Waals surface area contributed by atoms with E-state index in [2.05, 4.69) is 54.1 Å². The third-order valence-electron chi connectivity index (χ3n) is 7.23. The van der Waals surface area contributed by atoms with Crippen LogP contribution in [0.15, 0.2) is 43.0 Å². The number of anilines is 1. The summed E-state index contributed by atoms with van der Waals surface area (Å²) in [6, 6.07) is 8.76. The Bertz CT molecular complexity index is 1290. The molecule has 3 heterocycles. The Balaban J connectivity index is 1.68. The number of esters is 1. The van der Waals surface area contributed by atoms with Gasteiger partial charge in [0.15, 0.2) is 25.3 Å². The Kier molecular flexibility index (Phi) is 7.21. The van der Waals surface area contributed by atoms with Gasteiger partial charge >= 0.3 is 5.97 Å². The van der Waals surface area contributed by atoms with Gasteiger partial charge in [0.1, 0.15) is 12.6 Å². The molecule has 0 spiro atoms. The summed E-state index contributed by atoms with van der Waals surface area (Å²) in [6.45, 7) is 9.81. The lowest BCUT2D eigenvalue weighted by atomic mass is 9.98. The van der Waals surface area contributed by atoms with Crippen LogP contribution in [0.2, 0.25) is 18.1 Å². The molecule has 0 radical (unpaired) electrons. The molecule has 1 aliphatic heterocycles. The Labute approximate surface area is 216 Å². The van der Waals surface area contributed by atoms with Gasteiger partial charge in [-0.05, 0) is 30.3 Å². The minimum atomic E-state index is -2.36. The number of benzene rings is 1. The highest BCUT2D eigenvalue weighted by molar-refractivity contribution is 6.74. The average Bonchev–Trinajstić information content (AvgIpc) is 3.45. The molecule has 1 amide bonds. The van der Waals surface area contributed by atoms with Crippen molar-refractivity contribution in [3.8, 4) is 0 Å². The number of rotatable bonds is 7. The van der Waals surface area contributed by atoms with Crippen LogP contribution in [0.1, 0.15) is 43.8 Å². The summed E-state index contributed by atoms with van der Waals surface area (Å²) >= 11 is 0. The number of nitrogens with zero attached hydrogens (tertiary/aromatic N) is 4. The van der Waals surface area contributed by atoms with E-state index >= 15 is 0 Å². The number of aliphatic hydroxyl groups is 1. The van der Waals surface area contributed by atoms with Gasteiger partial charge in [0, 0.05) is 12.0 Å². The van der Waals surface area contributed by atoms with E-state index in [1.54, 1.807) is 28.8 Å². The van der Waals surface area contributed by atoms with Crippen LogP contribution in [0.5, 0.6) is 0 Å². The van der Waals surface area contributed by atoms with Crippen molar-refractivity contribution < 1.29 is 28.6 Å². The fourth-order valence-corrected chi connectivity index (χ4v) is 5.42. The maximum Gasteiger partial charge on any atom is 0.343 e. The summed E-state index contributed by atoms with van der Waals surface area (Å²) < 4.78 is 19.5. The van der Waals surface area contributed by atoms with Crippen LogP contribution in [0.4, 0.5) is 5.82 Å². The fraction of sp³-hybridized carbons (Fsp3) is 0.480. The number of methoxy groups -OCH3 is 1. The van der Waals surface area contributed by atoms with Crippen molar-refractivity contribution in [2.24, 2.45) is 0 Å². The Morgan fingerprint density at radius 2 is 1.92 bits per heavy atom. The van der Waals surface area contributed by atoms with Gasteiger partial charge in [-0.15, -0.1) is 0 Å². The molecule has 0 unspecified atom stereocenters. The number of amides is 1. The van der Waals surface area contributed by atoms with Gasteiger partial charge in [-0.1, -0.05) is 39.0 Å². The minimum absolute atomic E-state index is 0.136. The maximum absolute atomic E-state index is 12.9. The molecule has 3 aromatic rings. The van der Waals surface area contributed by atoms with Gasteiger partial charge in [-0.3, -0.25) is 9.36 Å². The second-order valence-corrected chi connectivity index (χ2v) is 15.3. The first-order chi connectivity index (χ1) is 17.4. The Morgan fingerprint density at radius 3 is 2.54 bits per heavy atom. The molecule has 1 saturated heterocycles. The van der Waals surface area contributed by atoms with Gasteiger partial charge in [0.25, 0.3) is 5.91 Å². The van der Waals surface area contributed by atoms with E-state index in [9.17, 15) is 14.7 Å². The lowest BCUT2D eigenvalue weighted by molar-refractivity contribution is -0.186. The zero-order chi connectivity index (χ0) is 27.0. The molecule has 1 aliphatic rings. The molecule has 0 bridgehead atoms. The topological polar surface area (TPSA) is 138 Å². The van der Waals surface area contributed by atoms with Crippen LogP contribution < -0.4 is 5.32 Å². The molecule has 2 aromatic heterocycles. The smallest absolute Gasteiger partial charge is 0.343 e. The first-order valence-electron chi connectivity index (χ1n) is 12.0. The normalized spacial score (nSPS) is 22.2. The summed E-state index contributed by atoms with van der Waals surface area (Å²) in [6.07, 6.45) is 1.59. The van der Waals surface area contributed by atoms with Crippen LogP contribution in [0.3, 0.4) is 0 Å². The molecule has 3 atom stereocenters. The number of imidazole rings is 1. The van der Waals surface area contributed by atoms with Gasteiger partial charge in [-0.2, -0.15) is 0 Å². The number of carbonyl (C=O) groups excluding carboxylic acids is 2. The maximum atomic E-state index is 12.9. The van der Waals surface area contributed by atoms with Crippen molar-refractivity contribution in [2.75, 3.05) is 19.0 Å². The highest BCUT2D eigenvalue weighted by atomic mass is 28.4. The summed E-state index contributed by atoms with van der Waals surface area (Å²) in [5.74, 6) is -0.803. The van der Waals surface area contributed by atoms with Crippen molar-refractivity contribution in [3.05, 3.63) is 48.5 Å². The van der Waals surface area contributed by atoms with Crippen LogP contribution in [0.25, 0.3) is 11.2 Å². The van der Waals surface area contributed by atoms with Crippen LogP contribution in [-0.4, -0.2) is 70.2 Å². The monoisotopic (exact) mass is 527 g/mol. The number of ether oxygens (including phenoxy) is 2. The quantitative estimate of drug-likeness (QED) is 0.350. The van der Waals surface area contributed by atoms with Crippen molar-refractivity contribution in [2.45, 2.75) is 63.3 Å². The molecule has 1 aromatic carbocycles. The van der Waals surface area contributed by atoms with Crippen LogP contribution >= 0.6 is 0 Å². The third kappa shape index (κ3) is 4.89. The van der Waals surface area contributed by atoms with E-state index in [1.165, 1.54) is 19.8 Å². The van der Waals surface area contributed by atoms with Gasteiger partial charge in [0.2, 0.25) is 5.60 Å². The second kappa shape index (κ2) is 9.93. The minimum Gasteiger partial charge on any atom is -0.467 e. The molecular weight excluding hydrogens is 494 g/mol. The van der Waals surface area contributed by atoms with Gasteiger partial charge in [0.05, 0.1) is 26.1 Å². The summed E-state index contributed by atoms with van der Waals surface area (Å²) in [5, 5.41) is 13.0. The first kappa shape index (κ1) is 26.9. The molecule has 11 nitrogen and oxygen atoms in total. The van der Waals surface area contributed by atoms with E-state index in [1.807, 2.05) is 6.07 Å². The van der Waals surface area contributed by atoms with Gasteiger partial charge in [-0.25, -0.2) is 19.7 Å². The fourth-order valence-electron chi connectivity index (χ4n) is 4.07. The molecule has 198 valence electrons. The van der Waals surface area contributed by atoms with Crippen molar-refractivity contribution >= 4 is 37.2 Å². The summed E-state index contributed by atoms with van der Waals surface area (Å²) in [5.41, 5.74) is -0.475. The predicted molar refractivity (Wildman–Crippen MR) is 138 cm³/mol. The molecule has 12 heteroatoms. The molecule has 2 N–H and O–H groups in total. The van der Waals surface area contributed by atoms with E-state index < -0.39 is 38.8 Å². The first-order valence-corrected chi connectivity index (χ1v) is 14.9. The van der Waals surface area contributed by atoms with E-state index in [-0.39, 0.29) is 23.2 Å². The van der Waals surface area contributed by atoms with E-state index in [0.29, 0.717) is 16.7 Å². The largest absolute Gasteiger partial charge is 0.467 e. The third-order valence-corrected chi connectivity index (χ3v) is 11.7. The Morgan fingerprint density at radius 1 is 1.22 bits per heavy atom. The summed E-state index contributed by atoms with van der Waals surface area (Å²) in [4.78, 5) is 38.6. The van der Waals surface area contributed by atoms with Crippen LogP contribution in [-0.2, 0) is 18.7 Å². The standard InChI is InChI=1S/C25H33N5O6Si/c1-24(2,3)37(5,6)36-17-12-18(35-25(17,13-31)23(33)34-4)30-15-28-19-20(26-14-27-21(19)30)29-22(32)16-10-8-7-9-11-16/h7-11,14-15,17-18,31H,12-13H2,1-6H3,(H,26,27,29,32)/t17-,18-,25+/m0/s1. The molecule has 1 fully saturated rings. The average molecular weight is 528 g/mol.